The minimum atomic E-state index is -0.464. The van der Waals surface area contributed by atoms with Crippen molar-refractivity contribution >= 4 is 6.09 Å². The molecule has 0 spiro atoms. The molecule has 1 rings (SSSR count). The molecule has 1 amide bonds. The summed E-state index contributed by atoms with van der Waals surface area (Å²) in [7, 11) is 0. The van der Waals surface area contributed by atoms with E-state index in [2.05, 4.69) is 32.2 Å². The average Bonchev–Trinajstić information content (AvgIpc) is 2.28. The van der Waals surface area contributed by atoms with Gasteiger partial charge < -0.3 is 10.1 Å². The normalized spacial score (nSPS) is 26.8. The Morgan fingerprint density at radius 2 is 1.76 bits per heavy atom. The van der Waals surface area contributed by atoms with Crippen molar-refractivity contribution in [3.05, 3.63) is 0 Å². The highest BCUT2D eigenvalue weighted by molar-refractivity contribution is 5.68. The first-order valence-corrected chi connectivity index (χ1v) is 7.86. The Hall–Kier alpha value is -1.24. The molecule has 1 aliphatic rings. The van der Waals surface area contributed by atoms with Crippen molar-refractivity contribution in [1.82, 2.24) is 5.32 Å². The predicted molar refractivity (Wildman–Crippen MR) is 83.7 cm³/mol. The molecule has 0 aliphatic heterocycles. The highest BCUT2D eigenvalue weighted by Gasteiger charge is 2.44. The molecule has 0 atom stereocenters. The highest BCUT2D eigenvalue weighted by atomic mass is 16.6. The van der Waals surface area contributed by atoms with Gasteiger partial charge in [0, 0.05) is 12.5 Å². The van der Waals surface area contributed by atoms with Crippen molar-refractivity contribution in [3.63, 3.8) is 0 Å². The zero-order valence-electron chi connectivity index (χ0n) is 14.4. The number of alkyl carbamates (subject to hydrolysis) is 1. The summed E-state index contributed by atoms with van der Waals surface area (Å²) in [5, 5.41) is 12.1. The van der Waals surface area contributed by atoms with Crippen LogP contribution in [0.4, 0.5) is 4.79 Å². The smallest absolute Gasteiger partial charge is 0.407 e. The molecule has 0 aromatic heterocycles. The van der Waals surface area contributed by atoms with Gasteiger partial charge in [-0.25, -0.2) is 4.79 Å². The summed E-state index contributed by atoms with van der Waals surface area (Å²) in [4.78, 5) is 11.8. The van der Waals surface area contributed by atoms with Gasteiger partial charge in [0.25, 0.3) is 0 Å². The van der Waals surface area contributed by atoms with Crippen molar-refractivity contribution in [1.29, 1.82) is 5.26 Å². The Morgan fingerprint density at radius 3 is 2.14 bits per heavy atom. The van der Waals surface area contributed by atoms with E-state index in [0.717, 1.165) is 25.7 Å². The van der Waals surface area contributed by atoms with Crippen LogP contribution in [0, 0.1) is 22.2 Å². The Morgan fingerprint density at radius 1 is 1.24 bits per heavy atom. The van der Waals surface area contributed by atoms with E-state index in [-0.39, 0.29) is 23.0 Å². The second kappa shape index (κ2) is 6.25. The molecule has 1 N–H and O–H groups in total. The number of rotatable bonds is 2. The summed E-state index contributed by atoms with van der Waals surface area (Å²) in [6, 6.07) is 2.52. The molecule has 0 radical (unpaired) electrons. The van der Waals surface area contributed by atoms with Crippen LogP contribution in [-0.4, -0.2) is 17.7 Å². The lowest BCUT2D eigenvalue weighted by molar-refractivity contribution is 0.0245. The minimum Gasteiger partial charge on any atom is -0.444 e. The van der Waals surface area contributed by atoms with E-state index in [9.17, 15) is 4.79 Å². The van der Waals surface area contributed by atoms with E-state index in [0.29, 0.717) is 6.42 Å². The number of nitrogens with one attached hydrogen (secondary N) is 1. The van der Waals surface area contributed by atoms with Gasteiger partial charge in [0.1, 0.15) is 5.60 Å². The van der Waals surface area contributed by atoms with Crippen molar-refractivity contribution in [2.45, 2.75) is 85.3 Å². The molecule has 1 fully saturated rings. The number of nitriles is 1. The molecular formula is C17H30N2O2. The third-order valence-electron chi connectivity index (χ3n) is 4.67. The fraction of sp³-hybridized carbons (Fsp3) is 0.882. The van der Waals surface area contributed by atoms with Crippen LogP contribution < -0.4 is 5.32 Å². The molecule has 1 saturated carbocycles. The third kappa shape index (κ3) is 4.91. The van der Waals surface area contributed by atoms with Gasteiger partial charge in [0.15, 0.2) is 0 Å². The summed E-state index contributed by atoms with van der Waals surface area (Å²) < 4.78 is 5.30. The van der Waals surface area contributed by atoms with Crippen molar-refractivity contribution in [2.75, 3.05) is 0 Å². The van der Waals surface area contributed by atoms with Gasteiger partial charge in [0.05, 0.1) is 6.07 Å². The monoisotopic (exact) mass is 294 g/mol. The summed E-state index contributed by atoms with van der Waals surface area (Å²) in [6.07, 6.45) is 4.04. The molecule has 0 heterocycles. The molecule has 4 nitrogen and oxygen atoms in total. The van der Waals surface area contributed by atoms with Gasteiger partial charge in [-0.1, -0.05) is 20.8 Å². The maximum absolute atomic E-state index is 11.8. The predicted octanol–water partition coefficient (Wildman–Crippen LogP) is 4.40. The van der Waals surface area contributed by atoms with E-state index in [1.165, 1.54) is 0 Å². The van der Waals surface area contributed by atoms with E-state index in [1.807, 2.05) is 20.8 Å². The maximum atomic E-state index is 11.8. The molecule has 0 aromatic rings. The van der Waals surface area contributed by atoms with Crippen molar-refractivity contribution in [3.8, 4) is 6.07 Å². The second-order valence-electron chi connectivity index (χ2n) is 8.29. The number of hydrogen-bond donors (Lipinski definition) is 1. The Bertz CT molecular complexity index is 402. The first-order chi connectivity index (χ1) is 9.49. The zero-order chi connectivity index (χ0) is 16.3. The fourth-order valence-corrected chi connectivity index (χ4v) is 3.13. The molecule has 0 aromatic carbocycles. The van der Waals surface area contributed by atoms with Gasteiger partial charge in [-0.05, 0) is 57.3 Å². The summed E-state index contributed by atoms with van der Waals surface area (Å²) in [5.74, 6) is 0. The summed E-state index contributed by atoms with van der Waals surface area (Å²) in [5.41, 5.74) is -0.289. The molecule has 0 saturated heterocycles. The zero-order valence-corrected chi connectivity index (χ0v) is 14.4. The third-order valence-corrected chi connectivity index (χ3v) is 4.67. The van der Waals surface area contributed by atoms with Gasteiger partial charge in [-0.2, -0.15) is 5.26 Å². The quantitative estimate of drug-likeness (QED) is 0.821. The van der Waals surface area contributed by atoms with E-state index < -0.39 is 5.60 Å². The van der Waals surface area contributed by atoms with Crippen LogP contribution in [0.3, 0.4) is 0 Å². The van der Waals surface area contributed by atoms with Crippen LogP contribution in [0.25, 0.3) is 0 Å². The fourth-order valence-electron chi connectivity index (χ4n) is 3.13. The van der Waals surface area contributed by atoms with Gasteiger partial charge in [-0.15, -0.1) is 0 Å². The SMILES string of the molecule is CC(C)(C)OC(=O)N[C@H]1CC[C@](CC#N)(C(C)(C)C)CC1. The van der Waals surface area contributed by atoms with Crippen LogP contribution in [0.2, 0.25) is 0 Å². The average molecular weight is 294 g/mol. The van der Waals surface area contributed by atoms with Crippen LogP contribution in [0.15, 0.2) is 0 Å². The minimum absolute atomic E-state index is 0.0634. The largest absolute Gasteiger partial charge is 0.444 e. The standard InChI is InChI=1S/C17H30N2O2/c1-15(2,3)17(11-12-18)9-7-13(8-10-17)19-14(20)21-16(4,5)6/h13H,7-11H2,1-6H3,(H,19,20)/t13-,17-. The van der Waals surface area contributed by atoms with E-state index >= 15 is 0 Å². The molecule has 4 heteroatoms. The van der Waals surface area contributed by atoms with Gasteiger partial charge in [-0.3, -0.25) is 0 Å². The van der Waals surface area contributed by atoms with Crippen LogP contribution in [0.1, 0.15) is 73.6 Å². The number of ether oxygens (including phenoxy) is 1. The van der Waals surface area contributed by atoms with Crippen molar-refractivity contribution < 1.29 is 9.53 Å². The molecule has 21 heavy (non-hydrogen) atoms. The highest BCUT2D eigenvalue weighted by Crippen LogP contribution is 2.51. The molecule has 0 unspecified atom stereocenters. The number of carbonyl (C=O) groups is 1. The van der Waals surface area contributed by atoms with Crippen LogP contribution >= 0.6 is 0 Å². The Labute approximate surface area is 129 Å². The van der Waals surface area contributed by atoms with Crippen molar-refractivity contribution in [2.24, 2.45) is 10.8 Å². The Balaban J connectivity index is 2.59. The first kappa shape index (κ1) is 17.8. The number of nitrogens with zero attached hydrogens (tertiary/aromatic N) is 1. The lowest BCUT2D eigenvalue weighted by Crippen LogP contribution is -2.46. The lowest BCUT2D eigenvalue weighted by atomic mass is 9.57. The van der Waals surface area contributed by atoms with Gasteiger partial charge in [0.2, 0.25) is 0 Å². The summed E-state index contributed by atoms with van der Waals surface area (Å²) in [6.45, 7) is 12.2. The molecule has 0 bridgehead atoms. The number of carbonyl (C=O) groups excluding carboxylic acids is 1. The van der Waals surface area contributed by atoms with E-state index in [1.54, 1.807) is 0 Å². The van der Waals surface area contributed by atoms with Crippen LogP contribution in [0.5, 0.6) is 0 Å². The Kier molecular flexibility index (Phi) is 5.30. The first-order valence-electron chi connectivity index (χ1n) is 7.86. The lowest BCUT2D eigenvalue weighted by Gasteiger charge is -2.48. The molecule has 120 valence electrons. The number of amides is 1. The molecular weight excluding hydrogens is 264 g/mol. The topological polar surface area (TPSA) is 62.1 Å². The second-order valence-corrected chi connectivity index (χ2v) is 8.29. The number of hydrogen-bond acceptors (Lipinski definition) is 3. The summed E-state index contributed by atoms with van der Waals surface area (Å²) >= 11 is 0. The maximum Gasteiger partial charge on any atom is 0.407 e. The molecule has 1 aliphatic carbocycles. The van der Waals surface area contributed by atoms with Gasteiger partial charge >= 0.3 is 6.09 Å². The van der Waals surface area contributed by atoms with E-state index in [4.69, 9.17) is 10.00 Å². The van der Waals surface area contributed by atoms with Crippen LogP contribution in [-0.2, 0) is 4.74 Å².